The Labute approximate surface area is 232 Å². The molecular weight excluding hydrogens is 552 g/mol. The lowest BCUT2D eigenvalue weighted by Crippen LogP contribution is -2.52. The number of carbonyl (C=O) groups excluding carboxylic acids is 2. The van der Waals surface area contributed by atoms with Gasteiger partial charge in [0, 0.05) is 22.6 Å². The number of sulfonamides is 1. The van der Waals surface area contributed by atoms with Gasteiger partial charge in [0.2, 0.25) is 11.8 Å². The van der Waals surface area contributed by atoms with Crippen molar-refractivity contribution in [2.45, 2.75) is 44.3 Å². The summed E-state index contributed by atoms with van der Waals surface area (Å²) in [7, 11) is -4.28. The van der Waals surface area contributed by atoms with Gasteiger partial charge in [-0.3, -0.25) is 13.9 Å². The molecule has 0 aromatic heterocycles. The van der Waals surface area contributed by atoms with Gasteiger partial charge in [-0.25, -0.2) is 12.8 Å². The average molecular weight is 581 g/mol. The van der Waals surface area contributed by atoms with Crippen LogP contribution in [-0.2, 0) is 26.2 Å². The standard InChI is InChI=1S/C27H28Cl2FN3O4S/c1-18(2)31-27(35)19(3)32(16-20-9-10-21(28)15-25(20)29)26(34)17-33(23-7-5-4-6-8-23)38(36,37)24-13-11-22(30)12-14-24/h4-15,18-19H,16-17H2,1-3H3,(H,31,35)/t19-/m0/s1. The molecule has 1 N–H and O–H groups in total. The summed E-state index contributed by atoms with van der Waals surface area (Å²) in [5, 5.41) is 3.48. The fourth-order valence-corrected chi connectivity index (χ4v) is 5.56. The number of nitrogens with one attached hydrogen (secondary N) is 1. The van der Waals surface area contributed by atoms with E-state index in [0.717, 1.165) is 28.6 Å². The van der Waals surface area contributed by atoms with Crippen molar-refractivity contribution in [3.63, 3.8) is 0 Å². The second-order valence-electron chi connectivity index (χ2n) is 8.90. The Bertz CT molecular complexity index is 1390. The quantitative estimate of drug-likeness (QED) is 0.354. The Hall–Kier alpha value is -3.14. The van der Waals surface area contributed by atoms with Gasteiger partial charge in [0.05, 0.1) is 10.6 Å². The molecule has 0 radical (unpaired) electrons. The van der Waals surface area contributed by atoms with E-state index in [0.29, 0.717) is 15.6 Å². The highest BCUT2D eigenvalue weighted by Crippen LogP contribution is 2.26. The number of hydrogen-bond acceptors (Lipinski definition) is 4. The van der Waals surface area contributed by atoms with Gasteiger partial charge in [0.25, 0.3) is 10.0 Å². The van der Waals surface area contributed by atoms with Gasteiger partial charge in [-0.2, -0.15) is 0 Å². The molecule has 38 heavy (non-hydrogen) atoms. The fourth-order valence-electron chi connectivity index (χ4n) is 3.68. The Morgan fingerprint density at radius 1 is 0.947 bits per heavy atom. The molecule has 0 bridgehead atoms. The van der Waals surface area contributed by atoms with E-state index in [9.17, 15) is 22.4 Å². The maximum absolute atomic E-state index is 13.8. The highest BCUT2D eigenvalue weighted by Gasteiger charge is 2.33. The molecular formula is C27H28Cl2FN3O4S. The van der Waals surface area contributed by atoms with Crippen LogP contribution in [0.5, 0.6) is 0 Å². The summed E-state index contributed by atoms with van der Waals surface area (Å²) in [6, 6.07) is 16.0. The molecule has 0 aliphatic carbocycles. The summed E-state index contributed by atoms with van der Waals surface area (Å²) < 4.78 is 41.7. The highest BCUT2D eigenvalue weighted by atomic mass is 35.5. The molecule has 3 rings (SSSR count). The van der Waals surface area contributed by atoms with Crippen molar-refractivity contribution in [3.05, 3.63) is 94.2 Å². The SMILES string of the molecule is CC(C)NC(=O)[C@H](C)N(Cc1ccc(Cl)cc1Cl)C(=O)CN(c1ccccc1)S(=O)(=O)c1ccc(F)cc1. The lowest BCUT2D eigenvalue weighted by molar-refractivity contribution is -0.139. The summed E-state index contributed by atoms with van der Waals surface area (Å²) in [6.07, 6.45) is 0. The van der Waals surface area contributed by atoms with E-state index >= 15 is 0 Å². The molecule has 7 nitrogen and oxygen atoms in total. The molecule has 3 aromatic rings. The van der Waals surface area contributed by atoms with Crippen LogP contribution in [0.3, 0.4) is 0 Å². The third-order valence-electron chi connectivity index (χ3n) is 5.68. The number of rotatable bonds is 10. The minimum Gasteiger partial charge on any atom is -0.352 e. The molecule has 0 fully saturated rings. The number of anilines is 1. The number of benzene rings is 3. The monoisotopic (exact) mass is 579 g/mol. The summed E-state index contributed by atoms with van der Waals surface area (Å²) in [5.41, 5.74) is 0.759. The van der Waals surface area contributed by atoms with E-state index in [1.165, 1.54) is 11.0 Å². The minimum atomic E-state index is -4.28. The maximum Gasteiger partial charge on any atom is 0.264 e. The maximum atomic E-state index is 13.8. The first kappa shape index (κ1) is 29.4. The number of hydrogen-bond donors (Lipinski definition) is 1. The lowest BCUT2D eigenvalue weighted by Gasteiger charge is -2.32. The Balaban J connectivity index is 2.02. The van der Waals surface area contributed by atoms with Gasteiger partial charge in [0.15, 0.2) is 0 Å². The van der Waals surface area contributed by atoms with E-state index in [1.54, 1.807) is 63.2 Å². The molecule has 202 valence electrons. The van der Waals surface area contributed by atoms with E-state index in [4.69, 9.17) is 23.2 Å². The van der Waals surface area contributed by atoms with Crippen LogP contribution in [0.1, 0.15) is 26.3 Å². The first-order valence-electron chi connectivity index (χ1n) is 11.8. The van der Waals surface area contributed by atoms with Crippen molar-refractivity contribution in [1.82, 2.24) is 10.2 Å². The van der Waals surface area contributed by atoms with E-state index < -0.39 is 40.2 Å². The number of carbonyl (C=O) groups is 2. The van der Waals surface area contributed by atoms with Crippen LogP contribution in [0.4, 0.5) is 10.1 Å². The van der Waals surface area contributed by atoms with Gasteiger partial charge in [-0.15, -0.1) is 0 Å². The third kappa shape index (κ3) is 7.24. The van der Waals surface area contributed by atoms with Gasteiger partial charge >= 0.3 is 0 Å². The number of amides is 2. The summed E-state index contributed by atoms with van der Waals surface area (Å²) in [5.74, 6) is -1.65. The smallest absolute Gasteiger partial charge is 0.264 e. The first-order chi connectivity index (χ1) is 17.9. The molecule has 0 aliphatic heterocycles. The molecule has 0 heterocycles. The largest absolute Gasteiger partial charge is 0.352 e. The molecule has 11 heteroatoms. The van der Waals surface area contributed by atoms with Crippen LogP contribution in [-0.4, -0.2) is 43.8 Å². The highest BCUT2D eigenvalue weighted by molar-refractivity contribution is 7.92. The second kappa shape index (κ2) is 12.6. The number of halogens is 3. The molecule has 2 amide bonds. The van der Waals surface area contributed by atoms with Crippen molar-refractivity contribution in [1.29, 1.82) is 0 Å². The van der Waals surface area contributed by atoms with Crippen LogP contribution < -0.4 is 9.62 Å². The lowest BCUT2D eigenvalue weighted by atomic mass is 10.1. The summed E-state index contributed by atoms with van der Waals surface area (Å²) >= 11 is 12.4. The zero-order valence-corrected chi connectivity index (χ0v) is 23.4. The first-order valence-corrected chi connectivity index (χ1v) is 14.0. The molecule has 0 saturated carbocycles. The minimum absolute atomic E-state index is 0.0687. The average Bonchev–Trinajstić information content (AvgIpc) is 2.86. The van der Waals surface area contributed by atoms with Crippen molar-refractivity contribution >= 4 is 50.7 Å². The predicted molar refractivity (Wildman–Crippen MR) is 147 cm³/mol. The molecule has 0 spiro atoms. The predicted octanol–water partition coefficient (Wildman–Crippen LogP) is 5.27. The van der Waals surface area contributed by atoms with E-state index in [1.807, 2.05) is 0 Å². The molecule has 3 aromatic carbocycles. The number of para-hydroxylation sites is 1. The van der Waals surface area contributed by atoms with Crippen molar-refractivity contribution in [2.24, 2.45) is 0 Å². The van der Waals surface area contributed by atoms with Gasteiger partial charge in [-0.05, 0) is 74.9 Å². The topological polar surface area (TPSA) is 86.8 Å². The second-order valence-corrected chi connectivity index (χ2v) is 11.6. The van der Waals surface area contributed by atoms with Gasteiger partial charge in [0.1, 0.15) is 18.4 Å². The van der Waals surface area contributed by atoms with Crippen molar-refractivity contribution in [2.75, 3.05) is 10.8 Å². The Kier molecular flexibility index (Phi) is 9.76. The van der Waals surface area contributed by atoms with Crippen LogP contribution in [0.25, 0.3) is 0 Å². The van der Waals surface area contributed by atoms with Crippen molar-refractivity contribution < 1.29 is 22.4 Å². The molecule has 0 aliphatic rings. The molecule has 0 saturated heterocycles. The van der Waals surface area contributed by atoms with Crippen molar-refractivity contribution in [3.8, 4) is 0 Å². The van der Waals surface area contributed by atoms with E-state index in [2.05, 4.69) is 5.32 Å². The zero-order chi connectivity index (χ0) is 28.0. The van der Waals surface area contributed by atoms with Crippen LogP contribution in [0.2, 0.25) is 10.0 Å². The Morgan fingerprint density at radius 3 is 2.16 bits per heavy atom. The third-order valence-corrected chi connectivity index (χ3v) is 8.05. The van der Waals surface area contributed by atoms with Gasteiger partial charge in [-0.1, -0.05) is 47.5 Å². The van der Waals surface area contributed by atoms with Crippen LogP contribution in [0, 0.1) is 5.82 Å². The fraction of sp³-hybridized carbons (Fsp3) is 0.259. The zero-order valence-electron chi connectivity index (χ0n) is 21.1. The Morgan fingerprint density at radius 2 is 1.58 bits per heavy atom. The van der Waals surface area contributed by atoms with E-state index in [-0.39, 0.29) is 23.2 Å². The molecule has 1 atom stereocenters. The summed E-state index contributed by atoms with van der Waals surface area (Å²) in [4.78, 5) is 27.8. The number of nitrogens with zero attached hydrogens (tertiary/aromatic N) is 2. The van der Waals surface area contributed by atoms with Crippen LogP contribution >= 0.6 is 23.2 Å². The summed E-state index contributed by atoms with van der Waals surface area (Å²) in [6.45, 7) is 4.45. The normalized spacial score (nSPS) is 12.2. The van der Waals surface area contributed by atoms with Crippen LogP contribution in [0.15, 0.2) is 77.7 Å². The van der Waals surface area contributed by atoms with Gasteiger partial charge < -0.3 is 10.2 Å². The molecule has 0 unspecified atom stereocenters.